The molecule has 0 bridgehead atoms. The Morgan fingerprint density at radius 1 is 1.38 bits per heavy atom. The van der Waals surface area contributed by atoms with Gasteiger partial charge in [-0.3, -0.25) is 0 Å². The quantitative estimate of drug-likeness (QED) is 0.233. The third-order valence-corrected chi connectivity index (χ3v) is 0.987. The predicted molar refractivity (Wildman–Crippen MR) is 31.5 cm³/mol. The van der Waals surface area contributed by atoms with Crippen LogP contribution < -0.4 is 18.9 Å². The average molecular weight is 105 g/mol. The molecule has 0 aliphatic rings. The van der Waals surface area contributed by atoms with E-state index in [1.165, 1.54) is 0 Å². The van der Waals surface area contributed by atoms with Crippen LogP contribution in [0.5, 0.6) is 0 Å². The molecule has 0 aromatic rings. The molecule has 0 aliphatic carbocycles. The molecule has 0 saturated carbocycles. The molecule has 0 aromatic heterocycles. The van der Waals surface area contributed by atoms with E-state index in [0.29, 0.717) is 0 Å². The molecule has 2 heteroatoms. The van der Waals surface area contributed by atoms with E-state index in [4.69, 9.17) is 0 Å². The van der Waals surface area contributed by atoms with Gasteiger partial charge in [-0.25, -0.2) is 0 Å². The number of rotatable bonds is 3. The van der Waals surface area contributed by atoms with Gasteiger partial charge in [0, 0.05) is 0 Å². The van der Waals surface area contributed by atoms with E-state index in [-0.39, 0.29) is 18.9 Å². The van der Waals surface area contributed by atoms with Crippen LogP contribution >= 0.6 is 0 Å². The summed E-state index contributed by atoms with van der Waals surface area (Å²) in [6.07, 6.45) is 0. The summed E-state index contributed by atoms with van der Waals surface area (Å²) >= 11 is 0. The minimum atomic E-state index is 0. The Labute approximate surface area is 64.6 Å². The summed E-state index contributed by atoms with van der Waals surface area (Å²) in [5, 5.41) is 0. The second-order valence-corrected chi connectivity index (χ2v) is 1.33. The summed E-state index contributed by atoms with van der Waals surface area (Å²) in [6, 6.07) is 0. The molecule has 8 heavy (non-hydrogen) atoms. The smallest absolute Gasteiger partial charge is 0.329 e. The normalized spacial score (nSPS) is 9.00. The minimum Gasteiger partial charge on any atom is -0.329 e. The van der Waals surface area contributed by atoms with Gasteiger partial charge >= 0.3 is 18.9 Å². The van der Waals surface area contributed by atoms with Crippen molar-refractivity contribution >= 4 is 0 Å². The molecule has 0 amide bonds. The monoisotopic (exact) mass is 105 g/mol. The van der Waals surface area contributed by atoms with Gasteiger partial charge in [-0.1, -0.05) is 13.8 Å². The fourth-order valence-corrected chi connectivity index (χ4v) is 0.447. The van der Waals surface area contributed by atoms with Crippen molar-refractivity contribution in [3.05, 3.63) is 13.5 Å². The van der Waals surface area contributed by atoms with Gasteiger partial charge in [0.25, 0.3) is 0 Å². The topological polar surface area (TPSA) is 3.24 Å². The van der Waals surface area contributed by atoms with E-state index in [9.17, 15) is 0 Å². The molecule has 0 heterocycles. The first-order valence-electron chi connectivity index (χ1n) is 2.62. The largest absolute Gasteiger partial charge is 1.00 e. The Hall–Kier alpha value is 0.557. The molecule has 0 unspecified atom stereocenters. The first-order chi connectivity index (χ1) is 3.35. The standard InChI is InChI=1S/C6H12N.Li/c1-4-7(5-2)6-3;/h1,5-6H2,2-3H3;/q-1;+1. The van der Waals surface area contributed by atoms with Crippen molar-refractivity contribution < 1.29 is 18.9 Å². The first-order valence-corrected chi connectivity index (χ1v) is 2.62. The van der Waals surface area contributed by atoms with Crippen LogP contribution in [0.25, 0.3) is 0 Å². The van der Waals surface area contributed by atoms with Crippen molar-refractivity contribution in [2.24, 2.45) is 0 Å². The van der Waals surface area contributed by atoms with E-state index in [1.807, 2.05) is 4.90 Å². The molecule has 0 atom stereocenters. The molecule has 0 N–H and O–H groups in total. The Bertz CT molecular complexity index is 30.0. The van der Waals surface area contributed by atoms with Gasteiger partial charge in [0.1, 0.15) is 0 Å². The SMILES string of the molecule is [CH2-][C]N(CC)CC.[Li+]. The van der Waals surface area contributed by atoms with Crippen molar-refractivity contribution in [3.8, 4) is 0 Å². The second-order valence-electron chi connectivity index (χ2n) is 1.33. The van der Waals surface area contributed by atoms with Crippen molar-refractivity contribution in [1.29, 1.82) is 0 Å². The zero-order valence-electron chi connectivity index (χ0n) is 6.07. The summed E-state index contributed by atoms with van der Waals surface area (Å²) in [7, 11) is 0. The van der Waals surface area contributed by atoms with Crippen molar-refractivity contribution in [1.82, 2.24) is 4.90 Å². The molecule has 42 valence electrons. The number of nitrogens with zero attached hydrogens (tertiary/aromatic N) is 1. The maximum absolute atomic E-state index is 3.50. The molecule has 0 aliphatic heterocycles. The van der Waals surface area contributed by atoms with Crippen LogP contribution in [0.4, 0.5) is 0 Å². The van der Waals surface area contributed by atoms with E-state index in [2.05, 4.69) is 27.3 Å². The van der Waals surface area contributed by atoms with Gasteiger partial charge in [-0.2, -0.15) is 0 Å². The van der Waals surface area contributed by atoms with Crippen molar-refractivity contribution in [2.75, 3.05) is 13.1 Å². The maximum atomic E-state index is 3.50. The maximum Gasteiger partial charge on any atom is 1.00 e. The van der Waals surface area contributed by atoms with E-state index < -0.39 is 0 Å². The molecule has 0 spiro atoms. The molecule has 0 rings (SSSR count). The molecule has 0 saturated heterocycles. The molecule has 0 fully saturated rings. The average Bonchev–Trinajstić information content (AvgIpc) is 1.72. The van der Waals surface area contributed by atoms with Crippen LogP contribution in [0, 0.1) is 13.5 Å². The fourth-order valence-electron chi connectivity index (χ4n) is 0.447. The van der Waals surface area contributed by atoms with Crippen molar-refractivity contribution in [2.45, 2.75) is 13.8 Å². The van der Waals surface area contributed by atoms with E-state index in [0.717, 1.165) is 13.1 Å². The zero-order valence-corrected chi connectivity index (χ0v) is 6.07. The van der Waals surface area contributed by atoms with Gasteiger partial charge in [0.15, 0.2) is 0 Å². The van der Waals surface area contributed by atoms with Crippen LogP contribution in [0.3, 0.4) is 0 Å². The molecule has 2 radical (unpaired) electrons. The summed E-state index contributed by atoms with van der Waals surface area (Å²) in [5.74, 6) is 0. The van der Waals surface area contributed by atoms with Crippen LogP contribution in [0.15, 0.2) is 0 Å². The number of hydrogen-bond donors (Lipinski definition) is 0. The van der Waals surface area contributed by atoms with Crippen molar-refractivity contribution in [3.63, 3.8) is 0 Å². The molecule has 0 aromatic carbocycles. The van der Waals surface area contributed by atoms with Crippen LogP contribution in [0.1, 0.15) is 13.8 Å². The number of hydrogen-bond acceptors (Lipinski definition) is 1. The Balaban J connectivity index is 0. The van der Waals surface area contributed by atoms with Gasteiger partial charge in [-0.05, 0) is 13.1 Å². The summed E-state index contributed by atoms with van der Waals surface area (Å²) in [4.78, 5) is 2.01. The van der Waals surface area contributed by atoms with Crippen LogP contribution in [0.2, 0.25) is 0 Å². The zero-order chi connectivity index (χ0) is 5.70. The Morgan fingerprint density at radius 3 is 1.75 bits per heavy atom. The molecular formula is C6H12LiN. The van der Waals surface area contributed by atoms with E-state index in [1.54, 1.807) is 0 Å². The first kappa shape index (κ1) is 11.4. The van der Waals surface area contributed by atoms with Gasteiger partial charge < -0.3 is 11.8 Å². The van der Waals surface area contributed by atoms with Gasteiger partial charge in [-0.15, -0.1) is 6.54 Å². The Kier molecular flexibility index (Phi) is 10.7. The third-order valence-electron chi connectivity index (χ3n) is 0.987. The van der Waals surface area contributed by atoms with Gasteiger partial charge in [0.05, 0.1) is 0 Å². The predicted octanol–water partition coefficient (Wildman–Crippen LogP) is -1.79. The Morgan fingerprint density at radius 2 is 1.75 bits per heavy atom. The van der Waals surface area contributed by atoms with Crippen LogP contribution in [-0.4, -0.2) is 18.0 Å². The van der Waals surface area contributed by atoms with E-state index >= 15 is 0 Å². The molecular weight excluding hydrogens is 93.0 g/mol. The third kappa shape index (κ3) is 4.71. The second kappa shape index (κ2) is 7.56. The van der Waals surface area contributed by atoms with Crippen LogP contribution in [-0.2, 0) is 0 Å². The minimum absolute atomic E-state index is 0. The fraction of sp³-hybridized carbons (Fsp3) is 0.667. The summed E-state index contributed by atoms with van der Waals surface area (Å²) in [6.45, 7) is 12.5. The molecule has 1 nitrogen and oxygen atoms in total. The van der Waals surface area contributed by atoms with Gasteiger partial charge in [0.2, 0.25) is 0 Å². The summed E-state index contributed by atoms with van der Waals surface area (Å²) in [5.41, 5.74) is 0. The summed E-state index contributed by atoms with van der Waals surface area (Å²) < 4.78 is 0.